The van der Waals surface area contributed by atoms with E-state index in [1.165, 1.54) is 0 Å². The minimum absolute atomic E-state index is 0.0573. The number of nitrogens with one attached hydrogen (secondary N) is 2. The van der Waals surface area contributed by atoms with Gasteiger partial charge in [0.25, 0.3) is 0 Å². The Labute approximate surface area is 206 Å². The fourth-order valence-electron chi connectivity index (χ4n) is 2.91. The van der Waals surface area contributed by atoms with Crippen LogP contribution in [0.25, 0.3) is 0 Å². The van der Waals surface area contributed by atoms with Gasteiger partial charge in [0.05, 0.1) is 71.6 Å². The zero-order valence-electron chi connectivity index (χ0n) is 22.5. The maximum atomic E-state index is 14.5. The number of hydrogen-bond acceptors (Lipinski definition) is 7. The summed E-state index contributed by atoms with van der Waals surface area (Å²) < 4.78 is 42.0. The lowest BCUT2D eigenvalue weighted by Gasteiger charge is -2.29. The Bertz CT molecular complexity index is 484. The third kappa shape index (κ3) is 18.5. The average molecular weight is 495 g/mol. The van der Waals surface area contributed by atoms with Gasteiger partial charge in [-0.3, -0.25) is 4.79 Å². The summed E-state index contributed by atoms with van der Waals surface area (Å²) in [6.45, 7) is 16.7. The molecule has 0 radical (unpaired) electrons. The van der Waals surface area contributed by atoms with E-state index in [9.17, 15) is 9.18 Å². The zero-order chi connectivity index (χ0) is 25.7. The lowest BCUT2D eigenvalue weighted by Crippen LogP contribution is -2.45. The molecule has 34 heavy (non-hydrogen) atoms. The summed E-state index contributed by atoms with van der Waals surface area (Å²) in [5, 5.41) is 6.04. The zero-order valence-corrected chi connectivity index (χ0v) is 22.5. The van der Waals surface area contributed by atoms with Crippen molar-refractivity contribution in [2.24, 2.45) is 5.92 Å². The summed E-state index contributed by atoms with van der Waals surface area (Å²) in [5.74, 6) is -0.225. The molecule has 0 heterocycles. The maximum Gasteiger partial charge on any atom is 0.222 e. The first-order chi connectivity index (χ1) is 16.2. The highest BCUT2D eigenvalue weighted by molar-refractivity contribution is 5.78. The second-order valence-electron chi connectivity index (χ2n) is 9.07. The second kappa shape index (κ2) is 21.4. The fraction of sp³-hybridized carbons (Fsp3) is 0.960. The van der Waals surface area contributed by atoms with Crippen LogP contribution in [0.5, 0.6) is 0 Å². The van der Waals surface area contributed by atoms with E-state index in [-0.39, 0.29) is 25.0 Å². The predicted octanol–water partition coefficient (Wildman–Crippen LogP) is 3.13. The van der Waals surface area contributed by atoms with E-state index in [2.05, 4.69) is 24.5 Å². The van der Waals surface area contributed by atoms with Gasteiger partial charge in [0, 0.05) is 18.5 Å². The maximum absolute atomic E-state index is 14.5. The van der Waals surface area contributed by atoms with Crippen LogP contribution < -0.4 is 10.6 Å². The molecule has 0 spiro atoms. The number of alkyl halides is 1. The van der Waals surface area contributed by atoms with Crippen LogP contribution in [0.4, 0.5) is 4.39 Å². The number of ether oxygens (including phenoxy) is 5. The number of hydrogen-bond donors (Lipinski definition) is 2. The Kier molecular flexibility index (Phi) is 20.9. The Morgan fingerprint density at radius 1 is 0.853 bits per heavy atom. The van der Waals surface area contributed by atoms with Crippen LogP contribution in [0.3, 0.4) is 0 Å². The van der Waals surface area contributed by atoms with Crippen LogP contribution in [0.2, 0.25) is 0 Å². The minimum Gasteiger partial charge on any atom is -0.378 e. The number of amides is 1. The van der Waals surface area contributed by atoms with E-state index in [0.717, 1.165) is 25.8 Å². The lowest BCUT2D eigenvalue weighted by molar-refractivity contribution is -0.126. The van der Waals surface area contributed by atoms with E-state index < -0.39 is 11.8 Å². The Hall–Kier alpha value is -0.840. The SMILES string of the molecule is CCCC(C)C(=O)NCC(F)C(C)(C)OCCOCCOCCOCCOCCNC(C)CC. The summed E-state index contributed by atoms with van der Waals surface area (Å²) >= 11 is 0. The second-order valence-corrected chi connectivity index (χ2v) is 9.07. The summed E-state index contributed by atoms with van der Waals surface area (Å²) in [7, 11) is 0. The average Bonchev–Trinajstić information content (AvgIpc) is 2.81. The van der Waals surface area contributed by atoms with Crippen molar-refractivity contribution in [1.82, 2.24) is 10.6 Å². The molecule has 204 valence electrons. The molecule has 0 aromatic heterocycles. The molecule has 8 nitrogen and oxygen atoms in total. The van der Waals surface area contributed by atoms with Crippen molar-refractivity contribution in [2.45, 2.75) is 78.6 Å². The van der Waals surface area contributed by atoms with Crippen LogP contribution in [-0.4, -0.2) is 96.3 Å². The molecule has 2 N–H and O–H groups in total. The molecule has 0 bridgehead atoms. The lowest BCUT2D eigenvalue weighted by atomic mass is 10.0. The van der Waals surface area contributed by atoms with Crippen LogP contribution in [0, 0.1) is 5.92 Å². The molecule has 0 fully saturated rings. The number of halogens is 1. The van der Waals surface area contributed by atoms with E-state index in [1.54, 1.807) is 13.8 Å². The topological polar surface area (TPSA) is 87.3 Å². The molecule has 0 aromatic carbocycles. The van der Waals surface area contributed by atoms with Gasteiger partial charge >= 0.3 is 0 Å². The Balaban J connectivity index is 3.53. The smallest absolute Gasteiger partial charge is 0.222 e. The summed E-state index contributed by atoms with van der Waals surface area (Å²) in [6.07, 6.45) is 1.52. The molecule has 0 aliphatic heterocycles. The van der Waals surface area contributed by atoms with Gasteiger partial charge in [0.15, 0.2) is 0 Å². The van der Waals surface area contributed by atoms with Crippen LogP contribution in [0.15, 0.2) is 0 Å². The minimum atomic E-state index is -1.31. The van der Waals surface area contributed by atoms with Gasteiger partial charge in [-0.05, 0) is 33.6 Å². The Morgan fingerprint density at radius 2 is 1.35 bits per heavy atom. The van der Waals surface area contributed by atoms with Gasteiger partial charge in [-0.1, -0.05) is 27.2 Å². The van der Waals surface area contributed by atoms with Crippen LogP contribution in [0.1, 0.15) is 60.8 Å². The Morgan fingerprint density at radius 3 is 1.85 bits per heavy atom. The molecule has 0 aromatic rings. The fourth-order valence-corrected chi connectivity index (χ4v) is 2.91. The van der Waals surface area contributed by atoms with E-state index in [4.69, 9.17) is 23.7 Å². The van der Waals surface area contributed by atoms with Gasteiger partial charge in [-0.15, -0.1) is 0 Å². The molecule has 0 rings (SSSR count). The predicted molar refractivity (Wildman–Crippen MR) is 133 cm³/mol. The molecule has 1 amide bonds. The molecule has 3 unspecified atom stereocenters. The molecule has 0 aliphatic rings. The normalized spacial score (nSPS) is 14.7. The molecule has 0 saturated carbocycles. The largest absolute Gasteiger partial charge is 0.378 e. The summed E-state index contributed by atoms with van der Waals surface area (Å²) in [6, 6.07) is 0.521. The van der Waals surface area contributed by atoms with E-state index >= 15 is 0 Å². The van der Waals surface area contributed by atoms with E-state index in [1.807, 2.05) is 13.8 Å². The van der Waals surface area contributed by atoms with Crippen molar-refractivity contribution < 1.29 is 32.9 Å². The molecular weight excluding hydrogens is 443 g/mol. The first-order valence-corrected chi connectivity index (χ1v) is 12.8. The third-order valence-electron chi connectivity index (χ3n) is 5.55. The molecule has 0 saturated heterocycles. The summed E-state index contributed by atoms with van der Waals surface area (Å²) in [4.78, 5) is 11.9. The highest BCUT2D eigenvalue weighted by Crippen LogP contribution is 2.18. The van der Waals surface area contributed by atoms with Crippen LogP contribution >= 0.6 is 0 Å². The quantitative estimate of drug-likeness (QED) is 0.199. The molecule has 0 aliphatic carbocycles. The number of carbonyl (C=O) groups excluding carboxylic acids is 1. The van der Waals surface area contributed by atoms with Crippen molar-refractivity contribution in [3.8, 4) is 0 Å². The van der Waals surface area contributed by atoms with Gasteiger partial charge < -0.3 is 34.3 Å². The number of rotatable bonds is 24. The van der Waals surface area contributed by atoms with Gasteiger partial charge in [0.1, 0.15) is 6.17 Å². The van der Waals surface area contributed by atoms with Gasteiger partial charge in [-0.2, -0.15) is 0 Å². The standard InChI is InChI=1S/C25H51FN2O6/c1-7-9-21(3)24(29)28-20-23(26)25(5,6)34-19-18-33-17-16-32-15-14-31-13-12-30-11-10-27-22(4)8-2/h21-23,27H,7-20H2,1-6H3,(H,28,29). The highest BCUT2D eigenvalue weighted by Gasteiger charge is 2.31. The van der Waals surface area contributed by atoms with Crippen LogP contribution in [-0.2, 0) is 28.5 Å². The van der Waals surface area contributed by atoms with Crippen molar-refractivity contribution in [1.29, 1.82) is 0 Å². The van der Waals surface area contributed by atoms with Gasteiger partial charge in [0.2, 0.25) is 5.91 Å². The first kappa shape index (κ1) is 33.2. The van der Waals surface area contributed by atoms with Crippen molar-refractivity contribution in [3.63, 3.8) is 0 Å². The number of carbonyl (C=O) groups is 1. The highest BCUT2D eigenvalue weighted by atomic mass is 19.1. The third-order valence-corrected chi connectivity index (χ3v) is 5.55. The molecule has 9 heteroatoms. The monoisotopic (exact) mass is 494 g/mol. The summed E-state index contributed by atoms with van der Waals surface area (Å²) in [5.41, 5.74) is -1.01. The van der Waals surface area contributed by atoms with Crippen molar-refractivity contribution in [3.05, 3.63) is 0 Å². The van der Waals surface area contributed by atoms with Gasteiger partial charge in [-0.25, -0.2) is 4.39 Å². The molecule has 3 atom stereocenters. The van der Waals surface area contributed by atoms with Crippen molar-refractivity contribution >= 4 is 5.91 Å². The molecular formula is C25H51FN2O6. The first-order valence-electron chi connectivity index (χ1n) is 12.8. The van der Waals surface area contributed by atoms with E-state index in [0.29, 0.717) is 58.9 Å². The van der Waals surface area contributed by atoms with Crippen molar-refractivity contribution in [2.75, 3.05) is 72.6 Å².